The summed E-state index contributed by atoms with van der Waals surface area (Å²) < 4.78 is 29.4. The lowest BCUT2D eigenvalue weighted by Crippen LogP contribution is -2.17. The Balaban J connectivity index is 2.12. The summed E-state index contributed by atoms with van der Waals surface area (Å²) in [6.07, 6.45) is 3.22. The minimum atomic E-state index is -3.80. The second-order valence-electron chi connectivity index (χ2n) is 4.35. The van der Waals surface area contributed by atoms with Crippen LogP contribution in [0.3, 0.4) is 0 Å². The van der Waals surface area contributed by atoms with E-state index in [9.17, 15) is 8.42 Å². The third-order valence-electron chi connectivity index (χ3n) is 2.95. The van der Waals surface area contributed by atoms with Crippen LogP contribution in [-0.2, 0) is 10.0 Å². The van der Waals surface area contributed by atoms with E-state index >= 15 is 0 Å². The predicted molar refractivity (Wildman–Crippen MR) is 82.4 cm³/mol. The Morgan fingerprint density at radius 2 is 2.14 bits per heavy atom. The topological polar surface area (TPSA) is 88.4 Å². The molecule has 0 radical (unpaired) electrons. The number of hydrogen-bond acceptors (Lipinski definition) is 6. The maximum absolute atomic E-state index is 12.7. The van der Waals surface area contributed by atoms with Gasteiger partial charge in [0.15, 0.2) is 10.8 Å². The van der Waals surface area contributed by atoms with Gasteiger partial charge in [-0.3, -0.25) is 9.12 Å². The molecule has 0 aliphatic rings. The van der Waals surface area contributed by atoms with Gasteiger partial charge >= 0.3 is 0 Å². The van der Waals surface area contributed by atoms with Gasteiger partial charge in [-0.05, 0) is 18.6 Å². The molecule has 0 fully saturated rings. The summed E-state index contributed by atoms with van der Waals surface area (Å²) in [6.45, 7) is 1.79. The Kier molecular flexibility index (Phi) is 3.30. The summed E-state index contributed by atoms with van der Waals surface area (Å²) in [7, 11) is -2.16. The lowest BCUT2D eigenvalue weighted by atomic mass is 10.3. The van der Waals surface area contributed by atoms with Crippen LogP contribution in [0.2, 0.25) is 0 Å². The van der Waals surface area contributed by atoms with Crippen LogP contribution in [0.15, 0.2) is 34.9 Å². The first-order chi connectivity index (χ1) is 10.0. The highest BCUT2D eigenvalue weighted by molar-refractivity contribution is 7.92. The highest BCUT2D eigenvalue weighted by atomic mass is 32.2. The molecule has 3 rings (SSSR count). The number of aromatic nitrogens is 3. The van der Waals surface area contributed by atoms with E-state index in [2.05, 4.69) is 20.0 Å². The third kappa shape index (κ3) is 2.34. The first kappa shape index (κ1) is 13.8. The number of hydrogen-bond donors (Lipinski definition) is 2. The van der Waals surface area contributed by atoms with E-state index in [4.69, 9.17) is 0 Å². The smallest absolute Gasteiger partial charge is 0.282 e. The summed E-state index contributed by atoms with van der Waals surface area (Å²) in [5.74, 6) is 0.618. The number of rotatable bonds is 4. The van der Waals surface area contributed by atoms with Crippen molar-refractivity contribution in [2.45, 2.75) is 11.9 Å². The molecule has 110 valence electrons. The molecule has 21 heavy (non-hydrogen) atoms. The lowest BCUT2D eigenvalue weighted by Gasteiger charge is -2.09. The highest BCUT2D eigenvalue weighted by Crippen LogP contribution is 2.27. The SMILES string of the molecule is CNc1nc2sccn2c1S(=O)(=O)Nc1ncccc1C. The molecule has 0 unspecified atom stereocenters. The summed E-state index contributed by atoms with van der Waals surface area (Å²) in [4.78, 5) is 8.92. The average Bonchev–Trinajstić information content (AvgIpc) is 3.00. The molecule has 9 heteroatoms. The van der Waals surface area contributed by atoms with Crippen molar-refractivity contribution in [2.75, 3.05) is 17.1 Å². The van der Waals surface area contributed by atoms with E-state index in [0.29, 0.717) is 16.6 Å². The van der Waals surface area contributed by atoms with Gasteiger partial charge in [0.2, 0.25) is 5.03 Å². The number of fused-ring (bicyclic) bond motifs is 1. The summed E-state index contributed by atoms with van der Waals surface area (Å²) in [6, 6.07) is 3.54. The Morgan fingerprint density at radius 1 is 1.33 bits per heavy atom. The van der Waals surface area contributed by atoms with Crippen LogP contribution < -0.4 is 10.0 Å². The summed E-state index contributed by atoms with van der Waals surface area (Å²) in [5, 5.41) is 4.67. The van der Waals surface area contributed by atoms with Gasteiger partial charge in [0.25, 0.3) is 10.0 Å². The van der Waals surface area contributed by atoms with Gasteiger partial charge < -0.3 is 5.32 Å². The molecule has 0 amide bonds. The van der Waals surface area contributed by atoms with Crippen LogP contribution in [0, 0.1) is 6.92 Å². The molecule has 0 aliphatic heterocycles. The van der Waals surface area contributed by atoms with Gasteiger partial charge in [0, 0.05) is 24.8 Å². The van der Waals surface area contributed by atoms with E-state index in [1.807, 2.05) is 0 Å². The van der Waals surface area contributed by atoms with Crippen molar-refractivity contribution in [3.8, 4) is 0 Å². The quantitative estimate of drug-likeness (QED) is 0.766. The van der Waals surface area contributed by atoms with Crippen molar-refractivity contribution >= 4 is 38.0 Å². The number of thiazole rings is 1. The molecular formula is C12H13N5O2S2. The standard InChI is InChI=1S/C12H13N5O2S2/c1-8-4-3-5-14-9(8)16-21(18,19)11-10(13-2)15-12-17(11)6-7-20-12/h3-7,13H,1-2H3,(H,14,16). The maximum atomic E-state index is 12.7. The Hall–Kier alpha value is -2.13. The number of sulfonamides is 1. The Labute approximate surface area is 125 Å². The number of nitrogens with zero attached hydrogens (tertiary/aromatic N) is 3. The zero-order valence-electron chi connectivity index (χ0n) is 11.4. The molecule has 0 aromatic carbocycles. The highest BCUT2D eigenvalue weighted by Gasteiger charge is 2.26. The third-order valence-corrected chi connectivity index (χ3v) is 5.07. The fourth-order valence-electron chi connectivity index (χ4n) is 1.95. The second kappa shape index (κ2) is 5.01. The predicted octanol–water partition coefficient (Wildman–Crippen LogP) is 1.94. The first-order valence-electron chi connectivity index (χ1n) is 6.10. The van der Waals surface area contributed by atoms with E-state index in [0.717, 1.165) is 5.56 Å². The first-order valence-corrected chi connectivity index (χ1v) is 8.47. The van der Waals surface area contributed by atoms with Crippen LogP contribution >= 0.6 is 11.3 Å². The Bertz CT molecular complexity index is 897. The number of pyridine rings is 1. The van der Waals surface area contributed by atoms with Gasteiger partial charge in [0.05, 0.1) is 0 Å². The lowest BCUT2D eigenvalue weighted by molar-refractivity contribution is 0.597. The van der Waals surface area contributed by atoms with Crippen LogP contribution in [0.1, 0.15) is 5.56 Å². The van der Waals surface area contributed by atoms with Crippen LogP contribution in [0.4, 0.5) is 11.6 Å². The van der Waals surface area contributed by atoms with Gasteiger partial charge in [0.1, 0.15) is 5.82 Å². The van der Waals surface area contributed by atoms with E-state index in [1.54, 1.807) is 43.9 Å². The number of imidazole rings is 1. The van der Waals surface area contributed by atoms with Gasteiger partial charge in [-0.2, -0.15) is 8.42 Å². The van der Waals surface area contributed by atoms with Crippen molar-refractivity contribution in [1.29, 1.82) is 0 Å². The summed E-state index contributed by atoms with van der Waals surface area (Å²) >= 11 is 1.37. The van der Waals surface area contributed by atoms with E-state index < -0.39 is 10.0 Å². The van der Waals surface area contributed by atoms with E-state index in [1.165, 1.54) is 15.7 Å². The molecule has 3 aromatic rings. The van der Waals surface area contributed by atoms with Crippen molar-refractivity contribution in [3.63, 3.8) is 0 Å². The molecule has 2 N–H and O–H groups in total. The van der Waals surface area contributed by atoms with Gasteiger partial charge in [-0.25, -0.2) is 9.97 Å². The monoisotopic (exact) mass is 323 g/mol. The summed E-state index contributed by atoms with van der Waals surface area (Å²) in [5.41, 5.74) is 0.748. The molecule has 7 nitrogen and oxygen atoms in total. The zero-order chi connectivity index (χ0) is 15.0. The molecule has 0 aliphatic carbocycles. The average molecular weight is 323 g/mol. The maximum Gasteiger partial charge on any atom is 0.282 e. The number of anilines is 2. The van der Waals surface area contributed by atoms with Crippen molar-refractivity contribution < 1.29 is 8.42 Å². The molecule has 0 bridgehead atoms. The minimum absolute atomic E-state index is 0.0753. The van der Waals surface area contributed by atoms with Crippen LogP contribution in [0.5, 0.6) is 0 Å². The van der Waals surface area contributed by atoms with Gasteiger partial charge in [-0.1, -0.05) is 6.07 Å². The fourth-order valence-corrected chi connectivity index (χ4v) is 4.10. The molecule has 3 heterocycles. The fraction of sp³-hybridized carbons (Fsp3) is 0.167. The van der Waals surface area contributed by atoms with Crippen LogP contribution in [-0.4, -0.2) is 29.8 Å². The molecule has 0 spiro atoms. The molecule has 0 saturated heterocycles. The van der Waals surface area contributed by atoms with E-state index in [-0.39, 0.29) is 5.03 Å². The largest absolute Gasteiger partial charge is 0.371 e. The Morgan fingerprint density at radius 3 is 2.86 bits per heavy atom. The molecule has 0 saturated carbocycles. The van der Waals surface area contributed by atoms with Gasteiger partial charge in [-0.15, -0.1) is 11.3 Å². The second-order valence-corrected chi connectivity index (χ2v) is 6.82. The number of aryl methyl sites for hydroxylation is 1. The minimum Gasteiger partial charge on any atom is -0.371 e. The van der Waals surface area contributed by atoms with Crippen molar-refractivity contribution in [2.24, 2.45) is 0 Å². The van der Waals surface area contributed by atoms with Crippen LogP contribution in [0.25, 0.3) is 4.96 Å². The normalized spacial score (nSPS) is 11.7. The van der Waals surface area contributed by atoms with Crippen molar-refractivity contribution in [1.82, 2.24) is 14.4 Å². The molecular weight excluding hydrogens is 310 g/mol. The number of nitrogens with one attached hydrogen (secondary N) is 2. The molecule has 3 aromatic heterocycles. The van der Waals surface area contributed by atoms with Crippen molar-refractivity contribution in [3.05, 3.63) is 35.5 Å². The zero-order valence-corrected chi connectivity index (χ0v) is 13.0. The molecule has 0 atom stereocenters.